The number of nitrogens with one attached hydrogen (secondary N) is 2. The number of aliphatic imine (C=N–C) groups is 1. The van der Waals surface area contributed by atoms with E-state index >= 15 is 0 Å². The molecule has 1 heterocycles. The van der Waals surface area contributed by atoms with Gasteiger partial charge in [-0.3, -0.25) is 4.79 Å². The number of aromatic nitrogens is 1. The number of H-pyrrole nitrogens is 1. The Morgan fingerprint density at radius 2 is 1.81 bits per heavy atom. The van der Waals surface area contributed by atoms with Gasteiger partial charge in [0.1, 0.15) is 18.1 Å². The van der Waals surface area contributed by atoms with Crippen LogP contribution in [0.4, 0.5) is 0 Å². The topological polar surface area (TPSA) is 95.7 Å². The highest BCUT2D eigenvalue weighted by Gasteiger charge is 2.15. The van der Waals surface area contributed by atoms with Crippen molar-refractivity contribution in [1.82, 2.24) is 15.2 Å². The molecule has 0 bridgehead atoms. The fourth-order valence-electron chi connectivity index (χ4n) is 2.89. The summed E-state index contributed by atoms with van der Waals surface area (Å²) in [6, 6.07) is 13.4. The number of benzene rings is 2. The van der Waals surface area contributed by atoms with E-state index in [9.17, 15) is 4.79 Å². The summed E-state index contributed by atoms with van der Waals surface area (Å²) in [6.07, 6.45) is 0. The summed E-state index contributed by atoms with van der Waals surface area (Å²) >= 11 is 6.29. The van der Waals surface area contributed by atoms with Crippen LogP contribution in [0, 0.1) is 0 Å². The second-order valence-corrected chi connectivity index (χ2v) is 7.32. The Morgan fingerprint density at radius 1 is 1.16 bits per heavy atom. The summed E-state index contributed by atoms with van der Waals surface area (Å²) in [7, 11) is 5.67. The molecule has 0 unspecified atom stereocenters. The van der Waals surface area contributed by atoms with Gasteiger partial charge in [-0.15, -0.1) is 24.8 Å². The van der Waals surface area contributed by atoms with Gasteiger partial charge in [-0.25, -0.2) is 0 Å². The minimum Gasteiger partial charge on any atom is -0.487 e. The van der Waals surface area contributed by atoms with Crippen LogP contribution in [0.2, 0.25) is 5.02 Å². The molecule has 0 aliphatic rings. The molecule has 1 amide bonds. The number of hydrogen-bond acceptors (Lipinski definition) is 3. The van der Waals surface area contributed by atoms with E-state index in [0.717, 1.165) is 12.1 Å². The average Bonchev–Trinajstić information content (AvgIpc) is 3.15. The molecular weight excluding hydrogens is 461 g/mol. The van der Waals surface area contributed by atoms with Gasteiger partial charge in [0.2, 0.25) is 0 Å². The molecule has 7 nitrogen and oxygen atoms in total. The van der Waals surface area contributed by atoms with E-state index in [4.69, 9.17) is 22.1 Å². The molecule has 10 heteroatoms. The van der Waals surface area contributed by atoms with Gasteiger partial charge in [0.25, 0.3) is 5.91 Å². The molecule has 168 valence electrons. The third-order valence-corrected chi connectivity index (χ3v) is 4.66. The summed E-state index contributed by atoms with van der Waals surface area (Å²) in [5, 5.41) is 3.82. The minimum atomic E-state index is -0.494. The maximum Gasteiger partial charge on any atom is 0.296 e. The maximum absolute atomic E-state index is 12.3. The van der Waals surface area contributed by atoms with Crippen LogP contribution in [0.5, 0.6) is 5.75 Å². The summed E-state index contributed by atoms with van der Waals surface area (Å²) in [6.45, 7) is 1.28. The number of guanidine groups is 1. The first-order chi connectivity index (χ1) is 13.9. The van der Waals surface area contributed by atoms with Crippen molar-refractivity contribution in [2.75, 3.05) is 21.1 Å². The number of nitrogens with zero attached hydrogens (tertiary/aromatic N) is 2. The largest absolute Gasteiger partial charge is 0.487 e. The zero-order valence-electron chi connectivity index (χ0n) is 17.4. The Labute approximate surface area is 198 Å². The Kier molecular flexibility index (Phi) is 10.1. The third kappa shape index (κ3) is 6.77. The third-order valence-electron chi connectivity index (χ3n) is 4.33. The van der Waals surface area contributed by atoms with E-state index in [0.29, 0.717) is 28.3 Å². The van der Waals surface area contributed by atoms with Crippen molar-refractivity contribution >= 4 is 59.2 Å². The maximum atomic E-state index is 12.3. The number of ether oxygens (including phenoxy) is 1. The molecule has 0 radical (unpaired) electrons. The van der Waals surface area contributed by atoms with E-state index in [2.05, 4.69) is 32.3 Å². The lowest BCUT2D eigenvalue weighted by Crippen LogP contribution is -2.28. The fourth-order valence-corrected chi connectivity index (χ4v) is 3.10. The number of carbonyl (C=O) groups is 1. The molecule has 3 aromatic rings. The molecule has 0 saturated heterocycles. The van der Waals surface area contributed by atoms with E-state index in [1.807, 2.05) is 26.2 Å². The summed E-state index contributed by atoms with van der Waals surface area (Å²) < 4.78 is 5.99. The lowest BCUT2D eigenvalue weighted by Gasteiger charge is -2.11. The molecule has 3 rings (SSSR count). The fraction of sp³-hybridized carbons (Fsp3) is 0.238. The molecule has 0 fully saturated rings. The highest BCUT2D eigenvalue weighted by Crippen LogP contribution is 2.32. The first kappa shape index (κ1) is 26.6. The van der Waals surface area contributed by atoms with Crippen molar-refractivity contribution in [2.45, 2.75) is 13.2 Å². The van der Waals surface area contributed by atoms with Crippen molar-refractivity contribution in [3.63, 3.8) is 0 Å². The van der Waals surface area contributed by atoms with Gasteiger partial charge in [-0.05, 0) is 43.4 Å². The number of aromatic amines is 1. The van der Waals surface area contributed by atoms with Gasteiger partial charge < -0.3 is 25.7 Å². The number of carbonyl (C=O) groups excluding carboxylic acids is 1. The Bertz CT molecular complexity index is 1050. The second-order valence-electron chi connectivity index (χ2n) is 6.91. The first-order valence-electron chi connectivity index (χ1n) is 9.10. The van der Waals surface area contributed by atoms with Crippen LogP contribution in [0.25, 0.3) is 10.9 Å². The van der Waals surface area contributed by atoms with Gasteiger partial charge >= 0.3 is 0 Å². The predicted octanol–water partition coefficient (Wildman–Crippen LogP) is 3.98. The summed E-state index contributed by atoms with van der Waals surface area (Å²) in [5.74, 6) is 0.145. The van der Waals surface area contributed by atoms with Crippen molar-refractivity contribution < 1.29 is 9.53 Å². The molecule has 2 aromatic carbocycles. The van der Waals surface area contributed by atoms with E-state index in [1.54, 1.807) is 25.2 Å². The molecule has 0 saturated carbocycles. The number of rotatable bonds is 6. The van der Waals surface area contributed by atoms with Crippen LogP contribution in [-0.2, 0) is 13.2 Å². The number of halogens is 3. The van der Waals surface area contributed by atoms with E-state index in [1.165, 1.54) is 5.56 Å². The molecular formula is C21H26Cl3N5O2. The van der Waals surface area contributed by atoms with E-state index in [-0.39, 0.29) is 36.5 Å². The minimum absolute atomic E-state index is 0. The van der Waals surface area contributed by atoms with Crippen LogP contribution in [-0.4, -0.2) is 42.9 Å². The van der Waals surface area contributed by atoms with Crippen LogP contribution in [0.15, 0.2) is 47.5 Å². The van der Waals surface area contributed by atoms with Crippen LogP contribution >= 0.6 is 36.4 Å². The lowest BCUT2D eigenvalue weighted by atomic mass is 10.1. The van der Waals surface area contributed by atoms with Gasteiger partial charge in [0.15, 0.2) is 5.96 Å². The quantitative estimate of drug-likeness (QED) is 0.362. The first-order valence-corrected chi connectivity index (χ1v) is 9.48. The Hall–Kier alpha value is -2.45. The molecule has 0 spiro atoms. The summed E-state index contributed by atoms with van der Waals surface area (Å²) in [5.41, 5.74) is 8.77. The van der Waals surface area contributed by atoms with E-state index < -0.39 is 5.91 Å². The number of fused-ring (bicyclic) bond motifs is 1. The molecule has 31 heavy (non-hydrogen) atoms. The van der Waals surface area contributed by atoms with Crippen molar-refractivity contribution in [3.05, 3.63) is 64.3 Å². The SMILES string of the molecule is CNC(N)=NC(=O)c1cc2c(Cl)ccc(OCc3ccc(CN(C)C)cc3)c2[nH]1.Cl.Cl. The highest BCUT2D eigenvalue weighted by atomic mass is 35.5. The zero-order valence-corrected chi connectivity index (χ0v) is 19.8. The average molecular weight is 487 g/mol. The van der Waals surface area contributed by atoms with Crippen LogP contribution in [0.1, 0.15) is 21.6 Å². The number of hydrogen-bond donors (Lipinski definition) is 3. The number of amides is 1. The van der Waals surface area contributed by atoms with Crippen LogP contribution in [0.3, 0.4) is 0 Å². The van der Waals surface area contributed by atoms with Gasteiger partial charge in [-0.1, -0.05) is 35.9 Å². The van der Waals surface area contributed by atoms with Crippen molar-refractivity contribution in [3.8, 4) is 5.75 Å². The molecule has 0 aliphatic heterocycles. The van der Waals surface area contributed by atoms with Gasteiger partial charge in [-0.2, -0.15) is 4.99 Å². The standard InChI is InChI=1S/C21H24ClN5O2.2ClH/c1-24-21(23)26-20(28)17-10-15-16(22)8-9-18(19(15)25-17)29-12-14-6-4-13(5-7-14)11-27(2)3;;/h4-10,25H,11-12H2,1-3H3,(H3,23,24,26,28);2*1H. The van der Waals surface area contributed by atoms with Crippen LogP contribution < -0.4 is 15.8 Å². The molecule has 1 aromatic heterocycles. The Morgan fingerprint density at radius 3 is 2.42 bits per heavy atom. The smallest absolute Gasteiger partial charge is 0.296 e. The predicted molar refractivity (Wildman–Crippen MR) is 131 cm³/mol. The second kappa shape index (κ2) is 11.8. The van der Waals surface area contributed by atoms with Crippen molar-refractivity contribution in [2.24, 2.45) is 10.7 Å². The monoisotopic (exact) mass is 485 g/mol. The zero-order chi connectivity index (χ0) is 21.0. The Balaban J connectivity index is 0.00000240. The number of nitrogens with two attached hydrogens (primary N) is 1. The van der Waals surface area contributed by atoms with Gasteiger partial charge in [0.05, 0.1) is 10.5 Å². The van der Waals surface area contributed by atoms with Crippen molar-refractivity contribution in [1.29, 1.82) is 0 Å². The molecule has 0 atom stereocenters. The lowest BCUT2D eigenvalue weighted by molar-refractivity contribution is 0.0998. The summed E-state index contributed by atoms with van der Waals surface area (Å²) in [4.78, 5) is 21.2. The normalized spacial score (nSPS) is 11.1. The van der Waals surface area contributed by atoms with Gasteiger partial charge in [0, 0.05) is 19.0 Å². The highest BCUT2D eigenvalue weighted by molar-refractivity contribution is 6.35. The molecule has 4 N–H and O–H groups in total. The molecule has 0 aliphatic carbocycles.